The number of hydrogen-bond donors (Lipinski definition) is 1. The van der Waals surface area contributed by atoms with Gasteiger partial charge in [-0.1, -0.05) is 0 Å². The largest absolute Gasteiger partial charge is 0.495 e. The van der Waals surface area contributed by atoms with E-state index in [4.69, 9.17) is 14.2 Å². The number of rotatable bonds is 8. The lowest BCUT2D eigenvalue weighted by atomic mass is 10.2. The van der Waals surface area contributed by atoms with Gasteiger partial charge in [-0.2, -0.15) is 0 Å². The standard InChI is InChI=1S/C15H20N2O7S/c1-22-11-5-4-10(17-13(18)6-7-14(17)19)8-12(11)25(20,21)16-9-15(23-2)24-3/h4-5,8,15-16H,6-7,9H2,1-3H3. The summed E-state index contributed by atoms with van der Waals surface area (Å²) in [5.41, 5.74) is 0.184. The number of imide groups is 1. The summed E-state index contributed by atoms with van der Waals surface area (Å²) in [5, 5.41) is 0. The van der Waals surface area contributed by atoms with Crippen molar-refractivity contribution in [2.24, 2.45) is 0 Å². The summed E-state index contributed by atoms with van der Waals surface area (Å²) in [5.74, 6) is -0.655. The molecule has 9 nitrogen and oxygen atoms in total. The predicted octanol–water partition coefficient (Wildman–Crippen LogP) is 0.246. The Kier molecular flexibility index (Phi) is 6.11. The lowest BCUT2D eigenvalue weighted by Crippen LogP contribution is -2.34. The molecule has 1 aliphatic rings. The maximum Gasteiger partial charge on any atom is 0.244 e. The van der Waals surface area contributed by atoms with Gasteiger partial charge in [0.05, 0.1) is 19.3 Å². The lowest BCUT2D eigenvalue weighted by molar-refractivity contribution is -0.121. The number of sulfonamides is 1. The Morgan fingerprint density at radius 2 is 1.72 bits per heavy atom. The van der Waals surface area contributed by atoms with Crippen LogP contribution in [0.5, 0.6) is 5.75 Å². The number of ether oxygens (including phenoxy) is 3. The maximum atomic E-state index is 12.6. The molecular weight excluding hydrogens is 352 g/mol. The van der Waals surface area contributed by atoms with Crippen molar-refractivity contribution in [2.45, 2.75) is 24.0 Å². The molecule has 1 aromatic rings. The first-order chi connectivity index (χ1) is 11.8. The smallest absolute Gasteiger partial charge is 0.244 e. The lowest BCUT2D eigenvalue weighted by Gasteiger charge is -2.18. The van der Waals surface area contributed by atoms with E-state index < -0.39 is 16.3 Å². The number of carbonyl (C=O) groups is 2. The number of anilines is 1. The number of carbonyl (C=O) groups excluding carboxylic acids is 2. The monoisotopic (exact) mass is 372 g/mol. The van der Waals surface area contributed by atoms with E-state index in [1.165, 1.54) is 39.5 Å². The van der Waals surface area contributed by atoms with Crippen LogP contribution < -0.4 is 14.4 Å². The topological polar surface area (TPSA) is 111 Å². The van der Waals surface area contributed by atoms with Crippen LogP contribution in [0.3, 0.4) is 0 Å². The Balaban J connectivity index is 2.36. The minimum Gasteiger partial charge on any atom is -0.495 e. The molecule has 2 rings (SSSR count). The highest BCUT2D eigenvalue weighted by Crippen LogP contribution is 2.31. The van der Waals surface area contributed by atoms with Gasteiger partial charge in [-0.15, -0.1) is 0 Å². The van der Waals surface area contributed by atoms with Gasteiger partial charge < -0.3 is 14.2 Å². The van der Waals surface area contributed by atoms with Crippen LogP contribution in [0.4, 0.5) is 5.69 Å². The van der Waals surface area contributed by atoms with Crippen molar-refractivity contribution >= 4 is 27.5 Å². The molecule has 0 aromatic heterocycles. The summed E-state index contributed by atoms with van der Waals surface area (Å²) in [4.78, 5) is 24.5. The van der Waals surface area contributed by atoms with Crippen molar-refractivity contribution in [1.82, 2.24) is 4.72 Å². The molecule has 0 aliphatic carbocycles. The van der Waals surface area contributed by atoms with Gasteiger partial charge in [-0.05, 0) is 18.2 Å². The minimum atomic E-state index is -3.99. The summed E-state index contributed by atoms with van der Waals surface area (Å²) < 4.78 is 42.5. The second-order valence-electron chi connectivity index (χ2n) is 5.21. The number of amides is 2. The zero-order valence-corrected chi connectivity index (χ0v) is 15.0. The second-order valence-corrected chi connectivity index (χ2v) is 6.95. The van der Waals surface area contributed by atoms with Crippen LogP contribution in [0.2, 0.25) is 0 Å². The molecule has 0 unspecified atom stereocenters. The summed E-state index contributed by atoms with van der Waals surface area (Å²) in [6, 6.07) is 4.09. The van der Waals surface area contributed by atoms with Crippen LogP contribution in [-0.2, 0) is 29.1 Å². The van der Waals surface area contributed by atoms with Crippen LogP contribution in [0.1, 0.15) is 12.8 Å². The van der Waals surface area contributed by atoms with Crippen molar-refractivity contribution in [2.75, 3.05) is 32.8 Å². The normalized spacial score (nSPS) is 15.3. The molecule has 1 fully saturated rings. The molecule has 1 aromatic carbocycles. The third-order valence-corrected chi connectivity index (χ3v) is 5.16. The molecule has 0 bridgehead atoms. The quantitative estimate of drug-likeness (QED) is 0.514. The molecule has 1 heterocycles. The van der Waals surface area contributed by atoms with E-state index in [9.17, 15) is 18.0 Å². The molecule has 1 saturated heterocycles. The van der Waals surface area contributed by atoms with Gasteiger partial charge in [-0.25, -0.2) is 13.1 Å². The SMILES string of the molecule is COc1ccc(N2C(=O)CCC2=O)cc1S(=O)(=O)NCC(OC)OC. The van der Waals surface area contributed by atoms with Gasteiger partial charge in [0, 0.05) is 27.1 Å². The average molecular weight is 372 g/mol. The molecule has 0 radical (unpaired) electrons. The Bertz CT molecular complexity index is 743. The highest BCUT2D eigenvalue weighted by molar-refractivity contribution is 7.89. The molecule has 25 heavy (non-hydrogen) atoms. The third-order valence-electron chi connectivity index (χ3n) is 3.71. The summed E-state index contributed by atoms with van der Waals surface area (Å²) in [6.45, 7) is -0.121. The van der Waals surface area contributed by atoms with Crippen LogP contribution in [0, 0.1) is 0 Å². The van der Waals surface area contributed by atoms with E-state index >= 15 is 0 Å². The van der Waals surface area contributed by atoms with E-state index in [0.717, 1.165) is 4.90 Å². The van der Waals surface area contributed by atoms with E-state index in [1.54, 1.807) is 0 Å². The number of benzene rings is 1. The fourth-order valence-electron chi connectivity index (χ4n) is 2.40. The first kappa shape index (κ1) is 19.3. The van der Waals surface area contributed by atoms with E-state index in [-0.39, 0.29) is 47.5 Å². The number of methoxy groups -OCH3 is 3. The van der Waals surface area contributed by atoms with E-state index in [0.29, 0.717) is 0 Å². The van der Waals surface area contributed by atoms with Crippen molar-refractivity contribution < 1.29 is 32.2 Å². The van der Waals surface area contributed by atoms with Crippen LogP contribution in [-0.4, -0.2) is 54.4 Å². The maximum absolute atomic E-state index is 12.6. The minimum absolute atomic E-state index is 0.0849. The number of nitrogens with zero attached hydrogens (tertiary/aromatic N) is 1. The molecule has 0 spiro atoms. The number of hydrogen-bond acceptors (Lipinski definition) is 7. The molecule has 138 valence electrons. The Morgan fingerprint density at radius 3 is 2.24 bits per heavy atom. The average Bonchev–Trinajstić information content (AvgIpc) is 2.93. The zero-order chi connectivity index (χ0) is 18.6. The van der Waals surface area contributed by atoms with Gasteiger partial charge in [-0.3, -0.25) is 14.5 Å². The molecular formula is C15H20N2O7S. The Hall–Kier alpha value is -2.01. The third kappa shape index (κ3) is 4.15. The highest BCUT2D eigenvalue weighted by atomic mass is 32.2. The highest BCUT2D eigenvalue weighted by Gasteiger charge is 2.32. The van der Waals surface area contributed by atoms with Gasteiger partial charge in [0.25, 0.3) is 0 Å². The molecule has 10 heteroatoms. The van der Waals surface area contributed by atoms with Gasteiger partial charge >= 0.3 is 0 Å². The van der Waals surface area contributed by atoms with Crippen molar-refractivity contribution in [1.29, 1.82) is 0 Å². The Labute approximate surface area is 145 Å². The summed E-state index contributed by atoms with van der Waals surface area (Å²) >= 11 is 0. The Morgan fingerprint density at radius 1 is 1.12 bits per heavy atom. The van der Waals surface area contributed by atoms with Gasteiger partial charge in [0.15, 0.2) is 6.29 Å². The van der Waals surface area contributed by atoms with Crippen molar-refractivity contribution in [3.63, 3.8) is 0 Å². The van der Waals surface area contributed by atoms with Gasteiger partial charge in [0.2, 0.25) is 21.8 Å². The van der Waals surface area contributed by atoms with Gasteiger partial charge in [0.1, 0.15) is 10.6 Å². The first-order valence-corrected chi connectivity index (χ1v) is 8.91. The summed E-state index contributed by atoms with van der Waals surface area (Å²) in [6.07, 6.45) is -0.547. The fraction of sp³-hybridized carbons (Fsp3) is 0.467. The van der Waals surface area contributed by atoms with Crippen molar-refractivity contribution in [3.05, 3.63) is 18.2 Å². The predicted molar refractivity (Wildman–Crippen MR) is 87.7 cm³/mol. The van der Waals surface area contributed by atoms with Crippen LogP contribution in [0.25, 0.3) is 0 Å². The van der Waals surface area contributed by atoms with Crippen LogP contribution in [0.15, 0.2) is 23.1 Å². The van der Waals surface area contributed by atoms with Crippen LogP contribution >= 0.6 is 0 Å². The van der Waals surface area contributed by atoms with E-state index in [2.05, 4.69) is 4.72 Å². The second kappa shape index (κ2) is 7.91. The first-order valence-electron chi connectivity index (χ1n) is 7.43. The molecule has 0 atom stereocenters. The van der Waals surface area contributed by atoms with Crippen molar-refractivity contribution in [3.8, 4) is 5.75 Å². The molecule has 0 saturated carbocycles. The molecule has 2 amide bonds. The fourth-order valence-corrected chi connectivity index (χ4v) is 3.60. The van der Waals surface area contributed by atoms with E-state index in [1.807, 2.05) is 0 Å². The number of nitrogens with one attached hydrogen (secondary N) is 1. The summed E-state index contributed by atoms with van der Waals surface area (Å²) in [7, 11) is 0.104. The zero-order valence-electron chi connectivity index (χ0n) is 14.1. The molecule has 1 N–H and O–H groups in total. The molecule has 1 aliphatic heterocycles.